The molecular weight excluding hydrogens is 246 g/mol. The van der Waals surface area contributed by atoms with E-state index >= 15 is 0 Å². The summed E-state index contributed by atoms with van der Waals surface area (Å²) in [5, 5.41) is 3.41. The van der Waals surface area contributed by atoms with Crippen molar-refractivity contribution in [3.05, 3.63) is 32.6 Å². The van der Waals surface area contributed by atoms with Gasteiger partial charge in [-0.1, -0.05) is 0 Å². The van der Waals surface area contributed by atoms with E-state index < -0.39 is 0 Å². The number of hydrogen-bond donors (Lipinski definition) is 1. The molecule has 1 aromatic heterocycles. The van der Waals surface area contributed by atoms with Gasteiger partial charge in [0, 0.05) is 44.5 Å². The van der Waals surface area contributed by atoms with E-state index in [-0.39, 0.29) is 22.9 Å². The van der Waals surface area contributed by atoms with Crippen LogP contribution in [0, 0.1) is 0 Å². The Morgan fingerprint density at radius 2 is 2.11 bits per heavy atom. The minimum atomic E-state index is -0.301. The Hall–Kier alpha value is -1.40. The molecule has 2 heterocycles. The molecule has 6 heteroatoms. The van der Waals surface area contributed by atoms with Gasteiger partial charge in [0.2, 0.25) is 0 Å². The van der Waals surface area contributed by atoms with Gasteiger partial charge in [0.15, 0.2) is 0 Å². The van der Waals surface area contributed by atoms with Gasteiger partial charge in [-0.3, -0.25) is 13.9 Å². The highest BCUT2D eigenvalue weighted by Gasteiger charge is 2.36. The largest absolute Gasteiger partial charge is 0.377 e. The number of rotatable bonds is 3. The summed E-state index contributed by atoms with van der Waals surface area (Å²) in [6, 6.07) is 1.50. The fourth-order valence-electron chi connectivity index (χ4n) is 2.31. The molecule has 1 N–H and O–H groups in total. The molecule has 2 unspecified atom stereocenters. The summed E-state index contributed by atoms with van der Waals surface area (Å²) in [4.78, 5) is 23.5. The lowest BCUT2D eigenvalue weighted by molar-refractivity contribution is 0.0879. The van der Waals surface area contributed by atoms with Crippen molar-refractivity contribution >= 4 is 0 Å². The summed E-state index contributed by atoms with van der Waals surface area (Å²) >= 11 is 0. The van der Waals surface area contributed by atoms with Crippen molar-refractivity contribution < 1.29 is 4.74 Å². The first kappa shape index (κ1) is 14.0. The summed E-state index contributed by atoms with van der Waals surface area (Å²) in [5.41, 5.74) is -0.00343. The van der Waals surface area contributed by atoms with E-state index in [4.69, 9.17) is 4.74 Å². The molecule has 1 saturated heterocycles. The van der Waals surface area contributed by atoms with Crippen LogP contribution in [0.3, 0.4) is 0 Å². The van der Waals surface area contributed by atoms with E-state index in [0.29, 0.717) is 12.2 Å². The van der Waals surface area contributed by atoms with Gasteiger partial charge in [-0.05, 0) is 20.3 Å². The predicted octanol–water partition coefficient (Wildman–Crippen LogP) is -0.259. The average molecular weight is 267 g/mol. The van der Waals surface area contributed by atoms with Gasteiger partial charge in [0.25, 0.3) is 5.56 Å². The maximum Gasteiger partial charge on any atom is 0.330 e. The predicted molar refractivity (Wildman–Crippen MR) is 72.2 cm³/mol. The number of hydrogen-bond acceptors (Lipinski definition) is 4. The topological polar surface area (TPSA) is 65.3 Å². The lowest BCUT2D eigenvalue weighted by Crippen LogP contribution is -2.48. The third kappa shape index (κ3) is 2.50. The molecule has 0 aliphatic carbocycles. The zero-order chi connectivity index (χ0) is 14.2. The van der Waals surface area contributed by atoms with Crippen LogP contribution in [0.1, 0.15) is 26.0 Å². The van der Waals surface area contributed by atoms with Gasteiger partial charge in [-0.25, -0.2) is 4.79 Å². The first-order chi connectivity index (χ1) is 8.85. The molecule has 1 aliphatic heterocycles. The van der Waals surface area contributed by atoms with Crippen LogP contribution in [-0.2, 0) is 25.4 Å². The van der Waals surface area contributed by atoms with Crippen LogP contribution in [0.25, 0.3) is 0 Å². The highest BCUT2D eigenvalue weighted by Crippen LogP contribution is 2.25. The molecule has 0 aromatic carbocycles. The van der Waals surface area contributed by atoms with Gasteiger partial charge in [0.05, 0.1) is 6.10 Å². The number of nitrogens with zero attached hydrogens (tertiary/aromatic N) is 2. The molecule has 0 radical (unpaired) electrons. The van der Waals surface area contributed by atoms with Gasteiger partial charge in [-0.2, -0.15) is 0 Å². The van der Waals surface area contributed by atoms with Crippen LogP contribution >= 0.6 is 0 Å². The second-order valence-electron chi connectivity index (χ2n) is 5.41. The highest BCUT2D eigenvalue weighted by molar-refractivity contribution is 5.04. The quantitative estimate of drug-likeness (QED) is 0.819. The van der Waals surface area contributed by atoms with Crippen molar-refractivity contribution in [2.75, 3.05) is 6.61 Å². The maximum absolute atomic E-state index is 11.8. The Morgan fingerprint density at radius 1 is 1.42 bits per heavy atom. The molecule has 19 heavy (non-hydrogen) atoms. The van der Waals surface area contributed by atoms with Crippen LogP contribution in [0.5, 0.6) is 0 Å². The van der Waals surface area contributed by atoms with Crippen molar-refractivity contribution in [2.24, 2.45) is 14.1 Å². The molecule has 1 fully saturated rings. The van der Waals surface area contributed by atoms with Crippen LogP contribution in [0.2, 0.25) is 0 Å². The molecule has 0 saturated carbocycles. The summed E-state index contributed by atoms with van der Waals surface area (Å²) in [6.07, 6.45) is 1.04. The van der Waals surface area contributed by atoms with Crippen molar-refractivity contribution in [1.29, 1.82) is 0 Å². The third-order valence-electron chi connectivity index (χ3n) is 4.19. The summed E-state index contributed by atoms with van der Waals surface area (Å²) in [7, 11) is 3.16. The van der Waals surface area contributed by atoms with Crippen molar-refractivity contribution in [2.45, 2.75) is 38.5 Å². The monoisotopic (exact) mass is 267 g/mol. The molecule has 2 atom stereocenters. The zero-order valence-corrected chi connectivity index (χ0v) is 11.9. The Balaban J connectivity index is 2.21. The Morgan fingerprint density at radius 3 is 2.68 bits per heavy atom. The highest BCUT2D eigenvalue weighted by atomic mass is 16.5. The van der Waals surface area contributed by atoms with Crippen LogP contribution in [-0.4, -0.2) is 27.4 Å². The standard InChI is InChI=1S/C13H21N3O3/c1-9-13(2,5-6-19-9)14-8-10-7-11(17)16(4)12(18)15(10)3/h7,9,14H,5-6,8H2,1-4H3. The SMILES string of the molecule is CC1OCCC1(C)NCc1cc(=O)n(C)c(=O)n1C. The van der Waals surface area contributed by atoms with E-state index in [0.717, 1.165) is 17.6 Å². The van der Waals surface area contributed by atoms with E-state index in [2.05, 4.69) is 12.2 Å². The van der Waals surface area contributed by atoms with E-state index in [9.17, 15) is 9.59 Å². The molecule has 2 rings (SSSR count). The molecular formula is C13H21N3O3. The summed E-state index contributed by atoms with van der Waals surface area (Å²) in [6.45, 7) is 5.35. The Kier molecular flexibility index (Phi) is 3.64. The van der Waals surface area contributed by atoms with Gasteiger partial charge in [-0.15, -0.1) is 0 Å². The second kappa shape index (κ2) is 4.94. The lowest BCUT2D eigenvalue weighted by Gasteiger charge is -2.29. The lowest BCUT2D eigenvalue weighted by atomic mass is 9.94. The van der Waals surface area contributed by atoms with Crippen molar-refractivity contribution in [3.8, 4) is 0 Å². The average Bonchev–Trinajstić information content (AvgIpc) is 2.70. The number of ether oxygens (including phenoxy) is 1. The first-order valence-corrected chi connectivity index (χ1v) is 6.48. The molecule has 106 valence electrons. The fraction of sp³-hybridized carbons (Fsp3) is 0.692. The third-order valence-corrected chi connectivity index (χ3v) is 4.19. The molecule has 0 bridgehead atoms. The molecule has 1 aliphatic rings. The van der Waals surface area contributed by atoms with Gasteiger partial charge >= 0.3 is 5.69 Å². The Bertz CT molecular complexity index is 590. The first-order valence-electron chi connectivity index (χ1n) is 6.48. The molecule has 0 spiro atoms. The summed E-state index contributed by atoms with van der Waals surface area (Å²) in [5.74, 6) is 0. The maximum atomic E-state index is 11.8. The van der Waals surface area contributed by atoms with Gasteiger partial charge < -0.3 is 10.1 Å². The van der Waals surface area contributed by atoms with E-state index in [1.165, 1.54) is 17.7 Å². The fourth-order valence-corrected chi connectivity index (χ4v) is 2.31. The smallest absolute Gasteiger partial charge is 0.330 e. The number of aromatic nitrogens is 2. The van der Waals surface area contributed by atoms with E-state index in [1.807, 2.05) is 6.92 Å². The second-order valence-corrected chi connectivity index (χ2v) is 5.41. The van der Waals surface area contributed by atoms with Gasteiger partial charge in [0.1, 0.15) is 0 Å². The van der Waals surface area contributed by atoms with Crippen LogP contribution in [0.15, 0.2) is 15.7 Å². The zero-order valence-electron chi connectivity index (χ0n) is 11.9. The summed E-state index contributed by atoms with van der Waals surface area (Å²) < 4.78 is 8.16. The van der Waals surface area contributed by atoms with Crippen molar-refractivity contribution in [1.82, 2.24) is 14.5 Å². The normalized spacial score (nSPS) is 26.8. The Labute approximate surface area is 112 Å². The van der Waals surface area contributed by atoms with Crippen molar-refractivity contribution in [3.63, 3.8) is 0 Å². The minimum Gasteiger partial charge on any atom is -0.377 e. The van der Waals surface area contributed by atoms with Crippen LogP contribution < -0.4 is 16.6 Å². The molecule has 1 aromatic rings. The van der Waals surface area contributed by atoms with Crippen LogP contribution in [0.4, 0.5) is 0 Å². The molecule has 6 nitrogen and oxygen atoms in total. The van der Waals surface area contributed by atoms with E-state index in [1.54, 1.807) is 7.05 Å². The number of nitrogens with one attached hydrogen (secondary N) is 1. The minimum absolute atomic E-state index is 0.114. The molecule has 0 amide bonds.